The minimum Gasteiger partial charge on any atom is -0.378 e. The van der Waals surface area contributed by atoms with Gasteiger partial charge in [-0.05, 0) is 47.6 Å². The number of ether oxygens (including phenoxy) is 1. The molecule has 2 aromatic heterocycles. The van der Waals surface area contributed by atoms with Gasteiger partial charge in [0.05, 0.1) is 38.2 Å². The Labute approximate surface area is 258 Å². The van der Waals surface area contributed by atoms with Crippen molar-refractivity contribution in [2.45, 2.75) is 91.4 Å². The van der Waals surface area contributed by atoms with Gasteiger partial charge in [-0.2, -0.15) is 5.10 Å². The Morgan fingerprint density at radius 3 is 2.28 bits per heavy atom. The van der Waals surface area contributed by atoms with Crippen molar-refractivity contribution >= 4 is 31.4 Å². The van der Waals surface area contributed by atoms with Gasteiger partial charge < -0.3 is 24.8 Å². The third-order valence-electron chi connectivity index (χ3n) is 7.31. The van der Waals surface area contributed by atoms with Gasteiger partial charge in [-0.15, -0.1) is 0 Å². The number of aromatic nitrogens is 3. The van der Waals surface area contributed by atoms with Crippen molar-refractivity contribution in [1.82, 2.24) is 30.3 Å². The summed E-state index contributed by atoms with van der Waals surface area (Å²) in [5, 5.41) is 12.9. The molecular weight excluding hydrogens is 565 g/mol. The first-order chi connectivity index (χ1) is 20.2. The standard InChI is InChI=1S/C31H54FN7O3Si/c1-9-15-38(16-10-2)24-28(41)34-14-18-42-19-17-39-29(43(32,30(3,4)5)31(6,7)8)20-26(37-39)35-23-27(40)36-22-25-12-11-13-33-21-25/h11-13,20-21H,9-10,14-19,22-24H2,1-8H3,(H,34,41)(H,35,37)(H,36,40). The molecule has 2 heterocycles. The molecule has 0 saturated carbocycles. The van der Waals surface area contributed by atoms with Gasteiger partial charge in [0, 0.05) is 31.5 Å². The second-order valence-corrected chi connectivity index (χ2v) is 17.9. The number of amides is 2. The predicted molar refractivity (Wildman–Crippen MR) is 174 cm³/mol. The summed E-state index contributed by atoms with van der Waals surface area (Å²) < 4.78 is 24.8. The molecule has 2 amide bonds. The SMILES string of the molecule is CCCN(CCC)CC(=O)NCCOCCn1nc(NCC(=O)NCc2cccnc2)cc1[Si](F)(C(C)(C)C)C(C)(C)C. The van der Waals surface area contributed by atoms with Crippen molar-refractivity contribution in [3.05, 3.63) is 36.2 Å². The molecule has 2 aromatic rings. The Bertz CT molecular complexity index is 1110. The molecule has 12 heteroatoms. The summed E-state index contributed by atoms with van der Waals surface area (Å²) >= 11 is 0. The molecule has 0 aliphatic heterocycles. The molecule has 0 unspecified atom stereocenters. The fourth-order valence-electron chi connectivity index (χ4n) is 5.46. The van der Waals surface area contributed by atoms with Crippen LogP contribution in [0.3, 0.4) is 0 Å². The Morgan fingerprint density at radius 2 is 1.70 bits per heavy atom. The van der Waals surface area contributed by atoms with Crippen molar-refractivity contribution in [3.63, 3.8) is 0 Å². The number of carbonyl (C=O) groups is 2. The molecule has 43 heavy (non-hydrogen) atoms. The van der Waals surface area contributed by atoms with E-state index in [1.165, 1.54) is 0 Å². The molecule has 242 valence electrons. The molecule has 0 spiro atoms. The number of nitrogens with zero attached hydrogens (tertiary/aromatic N) is 4. The number of nitrogens with one attached hydrogen (secondary N) is 3. The van der Waals surface area contributed by atoms with Crippen LogP contribution in [-0.2, 0) is 27.4 Å². The fraction of sp³-hybridized carbons (Fsp3) is 0.677. The molecule has 0 aliphatic carbocycles. The molecule has 0 fully saturated rings. The Balaban J connectivity index is 2.03. The molecule has 0 aromatic carbocycles. The van der Waals surface area contributed by atoms with Crippen LogP contribution in [0.5, 0.6) is 0 Å². The first kappa shape index (κ1) is 36.4. The number of hydrogen-bond acceptors (Lipinski definition) is 7. The Kier molecular flexibility index (Phi) is 14.3. The van der Waals surface area contributed by atoms with E-state index in [1.54, 1.807) is 23.1 Å². The topological polar surface area (TPSA) is 113 Å². The van der Waals surface area contributed by atoms with E-state index in [-0.39, 0.29) is 18.4 Å². The monoisotopic (exact) mass is 619 g/mol. The molecule has 0 saturated heterocycles. The van der Waals surface area contributed by atoms with E-state index in [0.29, 0.717) is 50.5 Å². The lowest BCUT2D eigenvalue weighted by atomic mass is 10.2. The summed E-state index contributed by atoms with van der Waals surface area (Å²) in [5.41, 5.74) is 0.903. The van der Waals surface area contributed by atoms with Crippen LogP contribution in [0.1, 0.15) is 73.8 Å². The molecule has 3 N–H and O–H groups in total. The van der Waals surface area contributed by atoms with Crippen molar-refractivity contribution < 1.29 is 18.4 Å². The van der Waals surface area contributed by atoms with Crippen LogP contribution in [0.4, 0.5) is 9.93 Å². The van der Waals surface area contributed by atoms with E-state index in [2.05, 4.69) is 44.8 Å². The van der Waals surface area contributed by atoms with Gasteiger partial charge in [0.1, 0.15) is 5.82 Å². The molecule has 0 radical (unpaired) electrons. The van der Waals surface area contributed by atoms with Crippen LogP contribution in [0, 0.1) is 0 Å². The lowest BCUT2D eigenvalue weighted by Gasteiger charge is -2.44. The van der Waals surface area contributed by atoms with Gasteiger partial charge in [-0.1, -0.05) is 61.5 Å². The summed E-state index contributed by atoms with van der Waals surface area (Å²) in [5.74, 6) is 0.238. The van der Waals surface area contributed by atoms with E-state index >= 15 is 4.11 Å². The molecule has 2 rings (SSSR count). The highest BCUT2D eigenvalue weighted by Gasteiger charge is 2.58. The van der Waals surface area contributed by atoms with Gasteiger partial charge in [0.25, 0.3) is 0 Å². The lowest BCUT2D eigenvalue weighted by molar-refractivity contribution is -0.122. The van der Waals surface area contributed by atoms with E-state index in [1.807, 2.05) is 53.7 Å². The van der Waals surface area contributed by atoms with Crippen molar-refractivity contribution in [2.75, 3.05) is 51.3 Å². The molecular formula is C31H54FN7O3Si. The lowest BCUT2D eigenvalue weighted by Crippen LogP contribution is -2.60. The van der Waals surface area contributed by atoms with E-state index in [0.717, 1.165) is 31.5 Å². The highest BCUT2D eigenvalue weighted by atomic mass is 28.4. The first-order valence-electron chi connectivity index (χ1n) is 15.5. The maximum absolute atomic E-state index is 17.3. The third-order valence-corrected chi connectivity index (χ3v) is 12.5. The van der Waals surface area contributed by atoms with E-state index in [4.69, 9.17) is 4.74 Å². The number of anilines is 1. The zero-order chi connectivity index (χ0) is 32.1. The first-order valence-corrected chi connectivity index (χ1v) is 17.3. The summed E-state index contributed by atoms with van der Waals surface area (Å²) in [6.45, 7) is 19.9. The maximum atomic E-state index is 17.3. The fourth-order valence-corrected chi connectivity index (χ4v) is 10.1. The van der Waals surface area contributed by atoms with E-state index in [9.17, 15) is 9.59 Å². The average Bonchev–Trinajstić information content (AvgIpc) is 3.34. The summed E-state index contributed by atoms with van der Waals surface area (Å²) in [4.78, 5) is 31.0. The zero-order valence-electron chi connectivity index (χ0n) is 27.6. The number of rotatable bonds is 18. The van der Waals surface area contributed by atoms with Gasteiger partial charge in [-0.3, -0.25) is 24.2 Å². The highest BCUT2D eigenvalue weighted by molar-refractivity contribution is 6.90. The van der Waals surface area contributed by atoms with Crippen LogP contribution >= 0.6 is 0 Å². The maximum Gasteiger partial charge on any atom is 0.305 e. The highest BCUT2D eigenvalue weighted by Crippen LogP contribution is 2.51. The van der Waals surface area contributed by atoms with Crippen molar-refractivity contribution in [1.29, 1.82) is 0 Å². The zero-order valence-corrected chi connectivity index (χ0v) is 28.6. The van der Waals surface area contributed by atoms with Gasteiger partial charge >= 0.3 is 8.41 Å². The Hall–Kier alpha value is -2.83. The average molecular weight is 620 g/mol. The largest absolute Gasteiger partial charge is 0.378 e. The third kappa shape index (κ3) is 11.0. The molecule has 0 atom stereocenters. The van der Waals surface area contributed by atoms with Crippen molar-refractivity contribution in [2.24, 2.45) is 0 Å². The second-order valence-electron chi connectivity index (χ2n) is 13.0. The normalized spacial score (nSPS) is 12.4. The van der Waals surface area contributed by atoms with Crippen LogP contribution in [0.25, 0.3) is 0 Å². The van der Waals surface area contributed by atoms with Crippen LogP contribution < -0.4 is 21.3 Å². The number of pyridine rings is 1. The molecule has 0 aliphatic rings. The molecule has 10 nitrogen and oxygen atoms in total. The van der Waals surface area contributed by atoms with Gasteiger partial charge in [0.2, 0.25) is 11.8 Å². The van der Waals surface area contributed by atoms with Gasteiger partial charge in [-0.25, -0.2) is 0 Å². The minimum atomic E-state index is -3.65. The van der Waals surface area contributed by atoms with Crippen LogP contribution in [0.15, 0.2) is 30.6 Å². The van der Waals surface area contributed by atoms with Crippen LogP contribution in [0.2, 0.25) is 10.1 Å². The summed E-state index contributed by atoms with van der Waals surface area (Å²) in [7, 11) is -3.65. The predicted octanol–water partition coefficient (Wildman–Crippen LogP) is 3.98. The second kappa shape index (κ2) is 16.9. The van der Waals surface area contributed by atoms with Crippen molar-refractivity contribution in [3.8, 4) is 0 Å². The minimum absolute atomic E-state index is 0.00668. The smallest absolute Gasteiger partial charge is 0.305 e. The number of halogens is 1. The summed E-state index contributed by atoms with van der Waals surface area (Å²) in [6.07, 6.45) is 5.41. The molecule has 0 bridgehead atoms. The van der Waals surface area contributed by atoms with Gasteiger partial charge in [0.15, 0.2) is 0 Å². The summed E-state index contributed by atoms with van der Waals surface area (Å²) in [6, 6.07) is 5.47. The number of carbonyl (C=O) groups excluding carboxylic acids is 2. The number of hydrogen-bond donors (Lipinski definition) is 3. The van der Waals surface area contributed by atoms with Crippen LogP contribution in [-0.4, -0.2) is 85.8 Å². The Morgan fingerprint density at radius 1 is 1.02 bits per heavy atom. The quantitative estimate of drug-likeness (QED) is 0.131. The van der Waals surface area contributed by atoms with E-state index < -0.39 is 18.5 Å².